The van der Waals surface area contributed by atoms with Crippen LogP contribution in [0.4, 0.5) is 0 Å². The third-order valence-corrected chi connectivity index (χ3v) is 7.74. The minimum atomic E-state index is -3.83. The van der Waals surface area contributed by atoms with Crippen molar-refractivity contribution in [2.75, 3.05) is 7.11 Å². The SMILES string of the molecule is CCC[C@@H](NS(=O)(=O)c1ccc(Cl)cc1)C(=S)N(Cc1ccc(C(=O)OC)cc1)Cc1cccnc1. The van der Waals surface area contributed by atoms with E-state index in [1.807, 2.05) is 36.1 Å². The first-order chi connectivity index (χ1) is 17.2. The van der Waals surface area contributed by atoms with Crippen molar-refractivity contribution in [1.29, 1.82) is 0 Å². The van der Waals surface area contributed by atoms with E-state index < -0.39 is 22.0 Å². The lowest BCUT2D eigenvalue weighted by Crippen LogP contribution is -2.47. The molecule has 2 aromatic carbocycles. The van der Waals surface area contributed by atoms with Crippen molar-refractivity contribution in [2.45, 2.75) is 43.8 Å². The van der Waals surface area contributed by atoms with Crippen molar-refractivity contribution in [1.82, 2.24) is 14.6 Å². The van der Waals surface area contributed by atoms with Crippen molar-refractivity contribution < 1.29 is 17.9 Å². The Hall–Kier alpha value is -2.85. The molecule has 1 atom stereocenters. The van der Waals surface area contributed by atoms with Gasteiger partial charge in [0.05, 0.1) is 28.6 Å². The van der Waals surface area contributed by atoms with E-state index in [-0.39, 0.29) is 4.90 Å². The van der Waals surface area contributed by atoms with Gasteiger partial charge in [0, 0.05) is 30.5 Å². The summed E-state index contributed by atoms with van der Waals surface area (Å²) in [7, 11) is -2.49. The summed E-state index contributed by atoms with van der Waals surface area (Å²) in [6, 6.07) is 16.2. The third-order valence-electron chi connectivity index (χ3n) is 5.45. The Morgan fingerprint density at radius 2 is 1.75 bits per heavy atom. The summed E-state index contributed by atoms with van der Waals surface area (Å²) in [5, 5.41) is 0.454. The molecule has 1 heterocycles. The highest BCUT2D eigenvalue weighted by molar-refractivity contribution is 7.89. The second-order valence-electron chi connectivity index (χ2n) is 8.16. The fourth-order valence-corrected chi connectivity index (χ4v) is 5.36. The van der Waals surface area contributed by atoms with Crippen LogP contribution in [0, 0.1) is 0 Å². The smallest absolute Gasteiger partial charge is 0.337 e. The number of halogens is 1. The fourth-order valence-electron chi connectivity index (χ4n) is 3.62. The normalized spacial score (nSPS) is 12.1. The van der Waals surface area contributed by atoms with Gasteiger partial charge in [0.25, 0.3) is 0 Å². The number of rotatable bonds is 11. The number of esters is 1. The predicted octanol–water partition coefficient (Wildman–Crippen LogP) is 5.00. The van der Waals surface area contributed by atoms with Gasteiger partial charge in [0.15, 0.2) is 0 Å². The van der Waals surface area contributed by atoms with Crippen LogP contribution in [0.2, 0.25) is 5.02 Å². The van der Waals surface area contributed by atoms with Crippen molar-refractivity contribution in [3.8, 4) is 0 Å². The Morgan fingerprint density at radius 3 is 2.33 bits per heavy atom. The van der Waals surface area contributed by atoms with Crippen molar-refractivity contribution >= 4 is 44.8 Å². The van der Waals surface area contributed by atoms with Gasteiger partial charge in [-0.05, 0) is 60.0 Å². The Labute approximate surface area is 222 Å². The van der Waals surface area contributed by atoms with Gasteiger partial charge in [-0.3, -0.25) is 4.98 Å². The summed E-state index contributed by atoms with van der Waals surface area (Å²) in [6.07, 6.45) is 4.69. The van der Waals surface area contributed by atoms with Crippen LogP contribution in [0.1, 0.15) is 41.3 Å². The van der Waals surface area contributed by atoms with Crippen LogP contribution in [0.15, 0.2) is 78.0 Å². The van der Waals surface area contributed by atoms with E-state index in [2.05, 4.69) is 9.71 Å². The average Bonchev–Trinajstić information content (AvgIpc) is 2.88. The van der Waals surface area contributed by atoms with Gasteiger partial charge in [-0.2, -0.15) is 0 Å². The Morgan fingerprint density at radius 1 is 1.08 bits per heavy atom. The summed E-state index contributed by atoms with van der Waals surface area (Å²) in [6.45, 7) is 2.83. The van der Waals surface area contributed by atoms with E-state index in [4.69, 9.17) is 28.6 Å². The first kappa shape index (κ1) is 27.7. The van der Waals surface area contributed by atoms with E-state index in [1.165, 1.54) is 31.4 Å². The summed E-state index contributed by atoms with van der Waals surface area (Å²) in [4.78, 5) is 18.5. The van der Waals surface area contributed by atoms with E-state index >= 15 is 0 Å². The molecular formula is C26H28ClN3O4S2. The maximum atomic E-state index is 13.1. The Bertz CT molecular complexity index is 1270. The number of hydrogen-bond donors (Lipinski definition) is 1. The van der Waals surface area contributed by atoms with Crippen LogP contribution >= 0.6 is 23.8 Å². The van der Waals surface area contributed by atoms with E-state index in [1.54, 1.807) is 24.5 Å². The molecule has 3 rings (SSSR count). The molecule has 7 nitrogen and oxygen atoms in total. The van der Waals surface area contributed by atoms with Gasteiger partial charge in [-0.1, -0.05) is 55.4 Å². The van der Waals surface area contributed by atoms with Gasteiger partial charge >= 0.3 is 5.97 Å². The minimum Gasteiger partial charge on any atom is -0.465 e. The number of methoxy groups -OCH3 is 1. The molecule has 0 amide bonds. The molecular weight excluding hydrogens is 518 g/mol. The number of carbonyl (C=O) groups is 1. The summed E-state index contributed by atoms with van der Waals surface area (Å²) < 4.78 is 33.8. The number of thiocarbonyl (C=S) groups is 1. The minimum absolute atomic E-state index is 0.119. The molecule has 36 heavy (non-hydrogen) atoms. The average molecular weight is 546 g/mol. The molecule has 0 bridgehead atoms. The third kappa shape index (κ3) is 7.57. The monoisotopic (exact) mass is 545 g/mol. The fraction of sp³-hybridized carbons (Fsp3) is 0.269. The van der Waals surface area contributed by atoms with E-state index in [0.717, 1.165) is 17.5 Å². The number of nitrogens with zero attached hydrogens (tertiary/aromatic N) is 2. The van der Waals surface area contributed by atoms with Crippen LogP contribution in [0.3, 0.4) is 0 Å². The predicted molar refractivity (Wildman–Crippen MR) is 144 cm³/mol. The molecule has 0 aliphatic rings. The number of benzene rings is 2. The molecule has 1 N–H and O–H groups in total. The number of sulfonamides is 1. The van der Waals surface area contributed by atoms with Crippen LogP contribution in [-0.2, 0) is 27.8 Å². The van der Waals surface area contributed by atoms with Gasteiger partial charge in [0.2, 0.25) is 10.0 Å². The first-order valence-electron chi connectivity index (χ1n) is 11.4. The Kier molecular flexibility index (Phi) is 9.95. The highest BCUT2D eigenvalue weighted by atomic mass is 35.5. The molecule has 0 aliphatic heterocycles. The number of ether oxygens (including phenoxy) is 1. The second-order valence-corrected chi connectivity index (χ2v) is 10.7. The van der Waals surface area contributed by atoms with Crippen molar-refractivity contribution in [2.24, 2.45) is 0 Å². The van der Waals surface area contributed by atoms with Gasteiger partial charge in [-0.25, -0.2) is 17.9 Å². The first-order valence-corrected chi connectivity index (χ1v) is 13.6. The zero-order valence-electron chi connectivity index (χ0n) is 20.1. The van der Waals surface area contributed by atoms with Crippen molar-refractivity contribution in [3.63, 3.8) is 0 Å². The molecule has 0 aliphatic carbocycles. The molecule has 10 heteroatoms. The number of nitrogens with one attached hydrogen (secondary N) is 1. The number of pyridine rings is 1. The summed E-state index contributed by atoms with van der Waals surface area (Å²) in [5.41, 5.74) is 2.29. The van der Waals surface area contributed by atoms with E-state index in [9.17, 15) is 13.2 Å². The van der Waals surface area contributed by atoms with Crippen LogP contribution in [0.25, 0.3) is 0 Å². The molecule has 0 fully saturated rings. The molecule has 0 radical (unpaired) electrons. The molecule has 190 valence electrons. The van der Waals surface area contributed by atoms with Crippen LogP contribution < -0.4 is 4.72 Å². The lowest BCUT2D eigenvalue weighted by atomic mass is 10.1. The van der Waals surface area contributed by atoms with Crippen LogP contribution in [0.5, 0.6) is 0 Å². The molecule has 3 aromatic rings. The summed E-state index contributed by atoms with van der Waals surface area (Å²) >= 11 is 11.8. The van der Waals surface area contributed by atoms with Gasteiger partial charge < -0.3 is 9.64 Å². The molecule has 0 saturated carbocycles. The summed E-state index contributed by atoms with van der Waals surface area (Å²) in [5.74, 6) is -0.413. The lowest BCUT2D eigenvalue weighted by molar-refractivity contribution is 0.0600. The van der Waals surface area contributed by atoms with Gasteiger partial charge in [0.1, 0.15) is 0 Å². The largest absolute Gasteiger partial charge is 0.465 e. The zero-order chi connectivity index (χ0) is 26.1. The molecule has 1 aromatic heterocycles. The highest BCUT2D eigenvalue weighted by Gasteiger charge is 2.26. The Balaban J connectivity index is 1.88. The van der Waals surface area contributed by atoms with Crippen LogP contribution in [-0.4, -0.2) is 42.4 Å². The molecule has 0 spiro atoms. The second kappa shape index (κ2) is 12.9. The standard InChI is InChI=1S/C26H28ClN3O4S2/c1-3-5-24(29-36(32,33)23-13-11-22(27)12-14-23)25(35)30(18-20-6-4-15-28-16-20)17-19-7-9-21(10-8-19)26(31)34-2/h4,6-16,24,29H,3,5,17-18H2,1-2H3/t24-/m1/s1. The number of aromatic nitrogens is 1. The quantitative estimate of drug-likeness (QED) is 0.268. The molecule has 0 unspecified atom stereocenters. The maximum Gasteiger partial charge on any atom is 0.337 e. The maximum absolute atomic E-state index is 13.1. The molecule has 0 saturated heterocycles. The van der Waals surface area contributed by atoms with Gasteiger partial charge in [-0.15, -0.1) is 0 Å². The number of hydrogen-bond acceptors (Lipinski definition) is 6. The zero-order valence-corrected chi connectivity index (χ0v) is 22.4. The van der Waals surface area contributed by atoms with Crippen molar-refractivity contribution in [3.05, 3.63) is 94.8 Å². The van der Waals surface area contributed by atoms with E-state index in [0.29, 0.717) is 35.1 Å². The number of carbonyl (C=O) groups excluding carboxylic acids is 1. The lowest BCUT2D eigenvalue weighted by Gasteiger charge is -2.31. The highest BCUT2D eigenvalue weighted by Crippen LogP contribution is 2.19. The topological polar surface area (TPSA) is 88.6 Å².